The standard InChI is InChI=1S/C18H18FNO3/c1-11-5-4-6-15(9-11)20-17(21)13(3)23-18(22)14-8-7-12(2)16(19)10-14/h4-10,13H,1-3H3,(H,20,21). The number of esters is 1. The van der Waals surface area contributed by atoms with Crippen LogP contribution in [0.3, 0.4) is 0 Å². The van der Waals surface area contributed by atoms with Crippen LogP contribution in [0.25, 0.3) is 0 Å². The molecule has 0 saturated carbocycles. The maximum atomic E-state index is 13.5. The van der Waals surface area contributed by atoms with Gasteiger partial charge in [0.25, 0.3) is 5.91 Å². The first-order chi connectivity index (χ1) is 10.9. The lowest BCUT2D eigenvalue weighted by Crippen LogP contribution is -2.30. The van der Waals surface area contributed by atoms with Gasteiger partial charge in [-0.05, 0) is 56.2 Å². The highest BCUT2D eigenvalue weighted by molar-refractivity contribution is 5.97. The predicted octanol–water partition coefficient (Wildman–Crippen LogP) is 3.63. The number of anilines is 1. The second kappa shape index (κ2) is 7.05. The van der Waals surface area contributed by atoms with E-state index in [0.717, 1.165) is 11.6 Å². The third-order valence-electron chi connectivity index (χ3n) is 3.35. The molecule has 0 aliphatic rings. The van der Waals surface area contributed by atoms with Crippen molar-refractivity contribution >= 4 is 17.6 Å². The fourth-order valence-electron chi connectivity index (χ4n) is 1.97. The molecule has 0 aliphatic carbocycles. The third-order valence-corrected chi connectivity index (χ3v) is 3.35. The number of nitrogens with one attached hydrogen (secondary N) is 1. The summed E-state index contributed by atoms with van der Waals surface area (Å²) in [5.74, 6) is -1.68. The van der Waals surface area contributed by atoms with Crippen molar-refractivity contribution in [3.8, 4) is 0 Å². The van der Waals surface area contributed by atoms with E-state index in [1.54, 1.807) is 13.0 Å². The molecule has 0 aliphatic heterocycles. The van der Waals surface area contributed by atoms with Crippen LogP contribution in [0.4, 0.5) is 10.1 Å². The molecule has 1 amide bonds. The van der Waals surface area contributed by atoms with E-state index in [0.29, 0.717) is 11.3 Å². The topological polar surface area (TPSA) is 55.4 Å². The van der Waals surface area contributed by atoms with Crippen molar-refractivity contribution in [2.75, 3.05) is 5.32 Å². The van der Waals surface area contributed by atoms with E-state index in [4.69, 9.17) is 4.74 Å². The molecule has 0 heterocycles. The van der Waals surface area contributed by atoms with Crippen molar-refractivity contribution in [1.29, 1.82) is 0 Å². The van der Waals surface area contributed by atoms with Gasteiger partial charge in [0.15, 0.2) is 6.10 Å². The van der Waals surface area contributed by atoms with Gasteiger partial charge >= 0.3 is 5.97 Å². The maximum absolute atomic E-state index is 13.5. The molecule has 1 atom stereocenters. The zero-order chi connectivity index (χ0) is 17.0. The van der Waals surface area contributed by atoms with Crippen LogP contribution < -0.4 is 5.32 Å². The highest BCUT2D eigenvalue weighted by Crippen LogP contribution is 2.13. The second-order valence-corrected chi connectivity index (χ2v) is 5.37. The van der Waals surface area contributed by atoms with Crippen molar-refractivity contribution in [3.63, 3.8) is 0 Å². The average molecular weight is 315 g/mol. The Bertz CT molecular complexity index is 743. The summed E-state index contributed by atoms with van der Waals surface area (Å²) in [6.07, 6.45) is -0.993. The van der Waals surface area contributed by atoms with Crippen LogP contribution >= 0.6 is 0 Å². The zero-order valence-corrected chi connectivity index (χ0v) is 13.2. The van der Waals surface area contributed by atoms with E-state index < -0.39 is 23.8 Å². The number of carbonyl (C=O) groups is 2. The van der Waals surface area contributed by atoms with Gasteiger partial charge < -0.3 is 10.1 Å². The number of aryl methyl sites for hydroxylation is 2. The van der Waals surface area contributed by atoms with Crippen molar-refractivity contribution < 1.29 is 18.7 Å². The van der Waals surface area contributed by atoms with Crippen LogP contribution in [-0.2, 0) is 9.53 Å². The molecule has 2 aromatic rings. The maximum Gasteiger partial charge on any atom is 0.339 e. The summed E-state index contributed by atoms with van der Waals surface area (Å²) in [6, 6.07) is 11.3. The summed E-state index contributed by atoms with van der Waals surface area (Å²) in [4.78, 5) is 24.0. The molecule has 0 aromatic heterocycles. The first-order valence-corrected chi connectivity index (χ1v) is 7.21. The quantitative estimate of drug-likeness (QED) is 0.877. The fraction of sp³-hybridized carbons (Fsp3) is 0.222. The van der Waals surface area contributed by atoms with Gasteiger partial charge in [-0.3, -0.25) is 4.79 Å². The van der Waals surface area contributed by atoms with Crippen LogP contribution in [0.5, 0.6) is 0 Å². The van der Waals surface area contributed by atoms with Gasteiger partial charge in [-0.1, -0.05) is 18.2 Å². The van der Waals surface area contributed by atoms with Gasteiger partial charge in [0.2, 0.25) is 0 Å². The summed E-state index contributed by atoms with van der Waals surface area (Å²) in [6.45, 7) is 4.97. The predicted molar refractivity (Wildman–Crippen MR) is 85.8 cm³/mol. The number of carbonyl (C=O) groups excluding carboxylic acids is 2. The van der Waals surface area contributed by atoms with E-state index in [9.17, 15) is 14.0 Å². The number of ether oxygens (including phenoxy) is 1. The minimum atomic E-state index is -0.993. The molecule has 5 heteroatoms. The number of halogens is 1. The average Bonchev–Trinajstić information content (AvgIpc) is 2.49. The molecule has 0 fully saturated rings. The molecule has 0 saturated heterocycles. The van der Waals surface area contributed by atoms with E-state index in [1.165, 1.54) is 19.1 Å². The molecular weight excluding hydrogens is 297 g/mol. The van der Waals surface area contributed by atoms with Crippen LogP contribution in [0.2, 0.25) is 0 Å². The lowest BCUT2D eigenvalue weighted by Gasteiger charge is -2.14. The molecule has 120 valence electrons. The van der Waals surface area contributed by atoms with Gasteiger partial charge in [0.1, 0.15) is 5.82 Å². The van der Waals surface area contributed by atoms with E-state index in [2.05, 4.69) is 5.32 Å². The van der Waals surface area contributed by atoms with Gasteiger partial charge in [-0.25, -0.2) is 9.18 Å². The molecule has 0 spiro atoms. The van der Waals surface area contributed by atoms with Crippen LogP contribution in [-0.4, -0.2) is 18.0 Å². The Morgan fingerprint density at radius 1 is 1.13 bits per heavy atom. The Morgan fingerprint density at radius 2 is 1.87 bits per heavy atom. The van der Waals surface area contributed by atoms with Crippen molar-refractivity contribution in [2.45, 2.75) is 26.9 Å². The highest BCUT2D eigenvalue weighted by Gasteiger charge is 2.19. The molecule has 1 unspecified atom stereocenters. The summed E-state index contributed by atoms with van der Waals surface area (Å²) in [5.41, 5.74) is 2.14. The Balaban J connectivity index is 2.00. The van der Waals surface area contributed by atoms with Gasteiger partial charge in [0.05, 0.1) is 5.56 Å². The van der Waals surface area contributed by atoms with Gasteiger partial charge in [-0.2, -0.15) is 0 Å². The minimum absolute atomic E-state index is 0.0725. The lowest BCUT2D eigenvalue weighted by atomic mass is 10.1. The largest absolute Gasteiger partial charge is 0.449 e. The van der Waals surface area contributed by atoms with Crippen molar-refractivity contribution in [1.82, 2.24) is 0 Å². The molecule has 0 radical (unpaired) electrons. The van der Waals surface area contributed by atoms with Crippen molar-refractivity contribution in [3.05, 3.63) is 65.0 Å². The smallest absolute Gasteiger partial charge is 0.339 e. The molecule has 2 aromatic carbocycles. The molecule has 0 bridgehead atoms. The summed E-state index contributed by atoms with van der Waals surface area (Å²) in [7, 11) is 0. The monoisotopic (exact) mass is 315 g/mol. The number of hydrogen-bond donors (Lipinski definition) is 1. The first kappa shape index (κ1) is 16.7. The molecule has 2 rings (SSSR count). The SMILES string of the molecule is Cc1cccc(NC(=O)C(C)OC(=O)c2ccc(C)c(F)c2)c1. The Hall–Kier alpha value is -2.69. The van der Waals surface area contributed by atoms with Crippen LogP contribution in [0, 0.1) is 19.7 Å². The van der Waals surface area contributed by atoms with Crippen LogP contribution in [0.1, 0.15) is 28.4 Å². The Kier molecular flexibility index (Phi) is 5.11. The molecule has 1 N–H and O–H groups in total. The summed E-state index contributed by atoms with van der Waals surface area (Å²) in [5, 5.41) is 2.67. The molecule has 4 nitrogen and oxygen atoms in total. The number of hydrogen-bond acceptors (Lipinski definition) is 3. The number of amides is 1. The first-order valence-electron chi connectivity index (χ1n) is 7.21. The minimum Gasteiger partial charge on any atom is -0.449 e. The normalized spacial score (nSPS) is 11.7. The second-order valence-electron chi connectivity index (χ2n) is 5.37. The highest BCUT2D eigenvalue weighted by atomic mass is 19.1. The fourth-order valence-corrected chi connectivity index (χ4v) is 1.97. The van der Waals surface area contributed by atoms with E-state index in [-0.39, 0.29) is 5.56 Å². The molecule has 23 heavy (non-hydrogen) atoms. The number of rotatable bonds is 4. The van der Waals surface area contributed by atoms with E-state index in [1.807, 2.05) is 25.1 Å². The Morgan fingerprint density at radius 3 is 2.52 bits per heavy atom. The summed E-state index contributed by atoms with van der Waals surface area (Å²) < 4.78 is 18.6. The van der Waals surface area contributed by atoms with Gasteiger partial charge in [0, 0.05) is 5.69 Å². The Labute approximate surface area is 134 Å². The third kappa shape index (κ3) is 4.39. The van der Waals surface area contributed by atoms with E-state index >= 15 is 0 Å². The summed E-state index contributed by atoms with van der Waals surface area (Å²) >= 11 is 0. The van der Waals surface area contributed by atoms with Crippen LogP contribution in [0.15, 0.2) is 42.5 Å². The molecular formula is C18H18FNO3. The van der Waals surface area contributed by atoms with Gasteiger partial charge in [-0.15, -0.1) is 0 Å². The zero-order valence-electron chi connectivity index (χ0n) is 13.2. The number of benzene rings is 2. The lowest BCUT2D eigenvalue weighted by molar-refractivity contribution is -0.123. The van der Waals surface area contributed by atoms with Crippen molar-refractivity contribution in [2.24, 2.45) is 0 Å².